The largest absolute Gasteiger partial charge is 0.504 e. The lowest BCUT2D eigenvalue weighted by Gasteiger charge is -2.07. The molecule has 3 rings (SSSR count). The Labute approximate surface area is 154 Å². The Kier molecular flexibility index (Phi) is 5.65. The summed E-state index contributed by atoms with van der Waals surface area (Å²) < 4.78 is 23.4. The average molecular weight is 371 g/mol. The first-order chi connectivity index (χ1) is 13.1. The van der Waals surface area contributed by atoms with Gasteiger partial charge >= 0.3 is 0 Å². The van der Waals surface area contributed by atoms with E-state index in [0.717, 1.165) is 11.8 Å². The molecule has 140 valence electrons. The maximum Gasteiger partial charge on any atom is 0.273 e. The summed E-state index contributed by atoms with van der Waals surface area (Å²) in [7, 11) is 1.45. The fraction of sp³-hybridized carbons (Fsp3) is 0.211. The summed E-state index contributed by atoms with van der Waals surface area (Å²) in [5.74, 6) is -0.282. The first-order valence-corrected chi connectivity index (χ1v) is 8.27. The number of halogens is 1. The molecule has 27 heavy (non-hydrogen) atoms. The Bertz CT molecular complexity index is 942. The second-order valence-electron chi connectivity index (χ2n) is 5.79. The van der Waals surface area contributed by atoms with Crippen molar-refractivity contribution in [2.75, 3.05) is 13.7 Å². The maximum atomic E-state index is 13.1. The Morgan fingerprint density at radius 3 is 2.93 bits per heavy atom. The second kappa shape index (κ2) is 8.31. The molecule has 0 aliphatic carbocycles. The standard InChI is InChI=1S/C19H18FN3O4/c1-26-16-5-4-13(8-15(16)24)18-17(23-11-27-18)19(25)22-6-2-3-12-7-14(20)10-21-9-12/h4-5,7-11,24H,2-3,6H2,1H3,(H,22,25). The van der Waals surface area contributed by atoms with Crippen LogP contribution >= 0.6 is 0 Å². The van der Waals surface area contributed by atoms with E-state index in [4.69, 9.17) is 9.15 Å². The van der Waals surface area contributed by atoms with E-state index in [2.05, 4.69) is 15.3 Å². The first-order valence-electron chi connectivity index (χ1n) is 8.27. The second-order valence-corrected chi connectivity index (χ2v) is 5.79. The molecule has 0 saturated heterocycles. The number of oxazole rings is 1. The predicted molar refractivity (Wildman–Crippen MR) is 95.0 cm³/mol. The maximum absolute atomic E-state index is 13.1. The third kappa shape index (κ3) is 4.41. The number of nitrogens with zero attached hydrogens (tertiary/aromatic N) is 2. The minimum absolute atomic E-state index is 0.0681. The minimum Gasteiger partial charge on any atom is -0.504 e. The average Bonchev–Trinajstić information content (AvgIpc) is 3.15. The number of carbonyl (C=O) groups is 1. The van der Waals surface area contributed by atoms with Gasteiger partial charge in [-0.05, 0) is 42.7 Å². The van der Waals surface area contributed by atoms with Crippen LogP contribution in [0.1, 0.15) is 22.5 Å². The molecule has 0 fully saturated rings. The van der Waals surface area contributed by atoms with Gasteiger partial charge in [0.25, 0.3) is 5.91 Å². The van der Waals surface area contributed by atoms with Crippen molar-refractivity contribution in [3.8, 4) is 22.8 Å². The monoisotopic (exact) mass is 371 g/mol. The number of aryl methyl sites for hydroxylation is 1. The summed E-state index contributed by atoms with van der Waals surface area (Å²) >= 11 is 0. The Morgan fingerprint density at radius 2 is 2.19 bits per heavy atom. The lowest BCUT2D eigenvalue weighted by Crippen LogP contribution is -2.25. The zero-order chi connectivity index (χ0) is 19.2. The summed E-state index contributed by atoms with van der Waals surface area (Å²) in [5.41, 5.74) is 1.38. The molecule has 0 atom stereocenters. The fourth-order valence-electron chi connectivity index (χ4n) is 2.61. The Morgan fingerprint density at radius 1 is 1.33 bits per heavy atom. The molecule has 1 amide bonds. The number of nitrogens with one attached hydrogen (secondary N) is 1. The number of pyridine rings is 1. The quantitative estimate of drug-likeness (QED) is 0.620. The smallest absolute Gasteiger partial charge is 0.273 e. The van der Waals surface area contributed by atoms with Crippen LogP contribution in [0.4, 0.5) is 4.39 Å². The molecule has 0 aliphatic rings. The summed E-state index contributed by atoms with van der Waals surface area (Å²) in [6, 6.07) is 6.09. The van der Waals surface area contributed by atoms with Crippen LogP contribution in [0.15, 0.2) is 47.5 Å². The molecule has 2 aromatic heterocycles. The zero-order valence-corrected chi connectivity index (χ0v) is 14.6. The van der Waals surface area contributed by atoms with Gasteiger partial charge in [-0.2, -0.15) is 0 Å². The first kappa shape index (κ1) is 18.4. The van der Waals surface area contributed by atoms with E-state index < -0.39 is 5.91 Å². The number of benzene rings is 1. The van der Waals surface area contributed by atoms with Crippen LogP contribution in [0.2, 0.25) is 0 Å². The van der Waals surface area contributed by atoms with Gasteiger partial charge in [-0.25, -0.2) is 9.37 Å². The summed E-state index contributed by atoms with van der Waals surface area (Å²) in [4.78, 5) is 20.1. The molecule has 2 heterocycles. The molecule has 0 unspecified atom stereocenters. The van der Waals surface area contributed by atoms with Crippen LogP contribution in [0.25, 0.3) is 11.3 Å². The number of rotatable bonds is 7. The van der Waals surface area contributed by atoms with Gasteiger partial charge in [0.05, 0.1) is 13.3 Å². The number of hydrogen-bond acceptors (Lipinski definition) is 6. The number of aromatic hydroxyl groups is 1. The third-order valence-electron chi connectivity index (χ3n) is 3.91. The lowest BCUT2D eigenvalue weighted by atomic mass is 10.1. The van der Waals surface area contributed by atoms with E-state index in [9.17, 15) is 14.3 Å². The van der Waals surface area contributed by atoms with Crippen molar-refractivity contribution >= 4 is 5.91 Å². The van der Waals surface area contributed by atoms with Crippen LogP contribution in [0.5, 0.6) is 11.5 Å². The van der Waals surface area contributed by atoms with Crippen molar-refractivity contribution in [1.82, 2.24) is 15.3 Å². The van der Waals surface area contributed by atoms with E-state index in [1.54, 1.807) is 18.3 Å². The van der Waals surface area contributed by atoms with Crippen molar-refractivity contribution in [2.24, 2.45) is 0 Å². The molecular weight excluding hydrogens is 353 g/mol. The van der Waals surface area contributed by atoms with Crippen molar-refractivity contribution in [2.45, 2.75) is 12.8 Å². The zero-order valence-electron chi connectivity index (χ0n) is 14.6. The SMILES string of the molecule is COc1ccc(-c2ocnc2C(=O)NCCCc2cncc(F)c2)cc1O. The molecule has 3 aromatic rings. The van der Waals surface area contributed by atoms with Gasteiger partial charge in [-0.15, -0.1) is 0 Å². The highest BCUT2D eigenvalue weighted by atomic mass is 19.1. The summed E-state index contributed by atoms with van der Waals surface area (Å²) in [6.45, 7) is 0.384. The number of phenolic OH excluding ortho intramolecular Hbond substituents is 1. The van der Waals surface area contributed by atoms with Gasteiger partial charge in [0.15, 0.2) is 29.3 Å². The van der Waals surface area contributed by atoms with Crippen molar-refractivity contribution in [3.05, 3.63) is 60.1 Å². The van der Waals surface area contributed by atoms with Gasteiger partial charge in [0, 0.05) is 18.3 Å². The van der Waals surface area contributed by atoms with Crippen LogP contribution < -0.4 is 10.1 Å². The number of carbonyl (C=O) groups excluding carboxylic acids is 1. The third-order valence-corrected chi connectivity index (χ3v) is 3.91. The topological polar surface area (TPSA) is 97.5 Å². The van der Waals surface area contributed by atoms with Gasteiger partial charge in [-0.3, -0.25) is 9.78 Å². The Balaban J connectivity index is 1.61. The number of hydrogen-bond donors (Lipinski definition) is 2. The highest BCUT2D eigenvalue weighted by Crippen LogP contribution is 2.32. The van der Waals surface area contributed by atoms with Crippen LogP contribution in [0.3, 0.4) is 0 Å². The number of phenols is 1. The van der Waals surface area contributed by atoms with Crippen molar-refractivity contribution < 1.29 is 23.4 Å². The van der Waals surface area contributed by atoms with Gasteiger partial charge in [0.2, 0.25) is 0 Å². The Hall–Kier alpha value is -3.42. The number of amides is 1. The molecule has 0 radical (unpaired) electrons. The van der Waals surface area contributed by atoms with E-state index in [-0.39, 0.29) is 23.0 Å². The molecule has 7 nitrogen and oxygen atoms in total. The molecule has 8 heteroatoms. The minimum atomic E-state index is -0.397. The number of ether oxygens (including phenoxy) is 1. The molecule has 0 spiro atoms. The van der Waals surface area contributed by atoms with E-state index in [1.807, 2.05) is 0 Å². The van der Waals surface area contributed by atoms with Crippen molar-refractivity contribution in [3.63, 3.8) is 0 Å². The number of methoxy groups -OCH3 is 1. The summed E-state index contributed by atoms with van der Waals surface area (Å²) in [6.07, 6.45) is 5.12. The summed E-state index contributed by atoms with van der Waals surface area (Å²) in [5, 5.41) is 12.7. The van der Waals surface area contributed by atoms with Crippen LogP contribution in [0, 0.1) is 5.82 Å². The molecule has 2 N–H and O–H groups in total. The highest BCUT2D eigenvalue weighted by molar-refractivity contribution is 5.97. The molecular formula is C19H18FN3O4. The van der Waals surface area contributed by atoms with Gasteiger partial charge < -0.3 is 19.6 Å². The van der Waals surface area contributed by atoms with Crippen LogP contribution in [-0.2, 0) is 6.42 Å². The van der Waals surface area contributed by atoms with Gasteiger partial charge in [0.1, 0.15) is 5.82 Å². The van der Waals surface area contributed by atoms with Gasteiger partial charge in [-0.1, -0.05) is 0 Å². The van der Waals surface area contributed by atoms with E-state index in [1.165, 1.54) is 25.6 Å². The molecule has 1 aromatic carbocycles. The fourth-order valence-corrected chi connectivity index (χ4v) is 2.61. The van der Waals surface area contributed by atoms with Crippen molar-refractivity contribution in [1.29, 1.82) is 0 Å². The highest BCUT2D eigenvalue weighted by Gasteiger charge is 2.19. The van der Waals surface area contributed by atoms with E-state index >= 15 is 0 Å². The normalized spacial score (nSPS) is 10.6. The molecule has 0 saturated carbocycles. The molecule has 0 bridgehead atoms. The lowest BCUT2D eigenvalue weighted by molar-refractivity contribution is 0.0949. The number of aromatic nitrogens is 2. The molecule has 0 aliphatic heterocycles. The van der Waals surface area contributed by atoms with Crippen LogP contribution in [-0.4, -0.2) is 34.6 Å². The predicted octanol–water partition coefficient (Wildman–Crippen LogP) is 2.95. The van der Waals surface area contributed by atoms with E-state index in [0.29, 0.717) is 30.7 Å².